The number of carboxylic acid groups (broad SMARTS) is 1. The number of carbonyl (C=O) groups excluding carboxylic acids is 1. The van der Waals surface area contributed by atoms with Gasteiger partial charge in [0.05, 0.1) is 0 Å². The van der Waals surface area contributed by atoms with Gasteiger partial charge in [-0.3, -0.25) is 9.59 Å². The van der Waals surface area contributed by atoms with E-state index < -0.39 is 23.5 Å². The maximum absolute atomic E-state index is 11.7. The number of H-pyrrole nitrogens is 1. The normalized spacial score (nSPS) is 11.8. The number of carboxylic acids is 1. The van der Waals surface area contributed by atoms with Gasteiger partial charge in [0.25, 0.3) is 11.5 Å². The number of rotatable bonds is 5. The summed E-state index contributed by atoms with van der Waals surface area (Å²) in [5, 5.41) is 11.2. The van der Waals surface area contributed by atoms with Gasteiger partial charge in [-0.1, -0.05) is 13.3 Å². The second-order valence-corrected chi connectivity index (χ2v) is 3.57. The Morgan fingerprint density at radius 3 is 2.76 bits per heavy atom. The van der Waals surface area contributed by atoms with Crippen LogP contribution >= 0.6 is 0 Å². The van der Waals surface area contributed by atoms with Gasteiger partial charge in [-0.25, -0.2) is 4.79 Å². The molecule has 1 heterocycles. The lowest BCUT2D eigenvalue weighted by Gasteiger charge is -2.12. The fourth-order valence-corrected chi connectivity index (χ4v) is 1.38. The lowest BCUT2D eigenvalue weighted by atomic mass is 10.1. The van der Waals surface area contributed by atoms with E-state index in [1.54, 1.807) is 0 Å². The molecule has 0 bridgehead atoms. The first-order valence-electron chi connectivity index (χ1n) is 5.27. The van der Waals surface area contributed by atoms with Gasteiger partial charge in [0.2, 0.25) is 0 Å². The summed E-state index contributed by atoms with van der Waals surface area (Å²) in [6, 6.07) is 1.89. The Hall–Kier alpha value is -2.11. The van der Waals surface area contributed by atoms with Crippen LogP contribution in [0.15, 0.2) is 23.1 Å². The zero-order valence-corrected chi connectivity index (χ0v) is 9.40. The summed E-state index contributed by atoms with van der Waals surface area (Å²) in [5.41, 5.74) is -0.625. The van der Waals surface area contributed by atoms with Crippen molar-refractivity contribution in [2.45, 2.75) is 25.8 Å². The molecular weight excluding hydrogens is 224 g/mol. The van der Waals surface area contributed by atoms with E-state index in [9.17, 15) is 14.4 Å². The van der Waals surface area contributed by atoms with Crippen LogP contribution in [0.1, 0.15) is 30.1 Å². The molecule has 17 heavy (non-hydrogen) atoms. The van der Waals surface area contributed by atoms with E-state index in [1.165, 1.54) is 18.3 Å². The Labute approximate surface area is 97.7 Å². The van der Waals surface area contributed by atoms with E-state index in [0.29, 0.717) is 12.8 Å². The Balaban J connectivity index is 2.81. The van der Waals surface area contributed by atoms with E-state index in [1.807, 2.05) is 6.92 Å². The first-order chi connectivity index (χ1) is 8.06. The highest BCUT2D eigenvalue weighted by atomic mass is 16.4. The van der Waals surface area contributed by atoms with Gasteiger partial charge in [-0.15, -0.1) is 0 Å². The minimum absolute atomic E-state index is 0.0881. The molecule has 1 atom stereocenters. The number of pyridine rings is 1. The number of hydrogen-bond donors (Lipinski definition) is 3. The summed E-state index contributed by atoms with van der Waals surface area (Å²) in [5.74, 6) is -1.78. The lowest BCUT2D eigenvalue weighted by molar-refractivity contribution is -0.139. The average Bonchev–Trinajstić information content (AvgIpc) is 2.28. The zero-order valence-electron chi connectivity index (χ0n) is 9.40. The van der Waals surface area contributed by atoms with Gasteiger partial charge in [-0.2, -0.15) is 0 Å². The Bertz CT molecular complexity index is 467. The SMILES string of the molecule is CCC[C@H](NC(=O)c1ccc[nH]c1=O)C(=O)O. The summed E-state index contributed by atoms with van der Waals surface area (Å²) >= 11 is 0. The van der Waals surface area contributed by atoms with Gasteiger partial charge in [0, 0.05) is 6.20 Å². The van der Waals surface area contributed by atoms with Crippen LogP contribution in [0.25, 0.3) is 0 Å². The lowest BCUT2D eigenvalue weighted by Crippen LogP contribution is -2.42. The monoisotopic (exact) mass is 238 g/mol. The summed E-state index contributed by atoms with van der Waals surface area (Å²) < 4.78 is 0. The number of aromatic amines is 1. The van der Waals surface area contributed by atoms with Crippen molar-refractivity contribution in [1.82, 2.24) is 10.3 Å². The van der Waals surface area contributed by atoms with E-state index >= 15 is 0 Å². The van der Waals surface area contributed by atoms with Gasteiger partial charge in [0.15, 0.2) is 0 Å². The molecule has 0 unspecified atom stereocenters. The molecule has 6 heteroatoms. The van der Waals surface area contributed by atoms with Crippen LogP contribution in [0.3, 0.4) is 0 Å². The Morgan fingerprint density at radius 2 is 2.24 bits per heavy atom. The van der Waals surface area contributed by atoms with Gasteiger partial charge in [-0.05, 0) is 18.6 Å². The third kappa shape index (κ3) is 3.44. The molecule has 1 amide bonds. The second-order valence-electron chi connectivity index (χ2n) is 3.57. The first-order valence-corrected chi connectivity index (χ1v) is 5.27. The smallest absolute Gasteiger partial charge is 0.326 e. The highest BCUT2D eigenvalue weighted by Crippen LogP contribution is 1.99. The Morgan fingerprint density at radius 1 is 1.53 bits per heavy atom. The summed E-state index contributed by atoms with van der Waals surface area (Å²) in [6.07, 6.45) is 2.36. The summed E-state index contributed by atoms with van der Waals surface area (Å²) in [6.45, 7) is 1.82. The fraction of sp³-hybridized carbons (Fsp3) is 0.364. The van der Waals surface area contributed by atoms with Crippen molar-refractivity contribution in [1.29, 1.82) is 0 Å². The summed E-state index contributed by atoms with van der Waals surface area (Å²) in [4.78, 5) is 36.2. The van der Waals surface area contributed by atoms with E-state index in [-0.39, 0.29) is 5.56 Å². The van der Waals surface area contributed by atoms with Crippen molar-refractivity contribution in [3.8, 4) is 0 Å². The van der Waals surface area contributed by atoms with Gasteiger partial charge < -0.3 is 15.4 Å². The molecule has 0 aliphatic carbocycles. The number of nitrogens with one attached hydrogen (secondary N) is 2. The molecule has 92 valence electrons. The number of aliphatic carboxylic acids is 1. The Kier molecular flexibility index (Phi) is 4.45. The standard InChI is InChI=1S/C11H14N2O4/c1-2-4-8(11(16)17)13-10(15)7-5-3-6-12-9(7)14/h3,5-6,8H,2,4H2,1H3,(H,12,14)(H,13,15)(H,16,17)/t8-/m0/s1. The minimum Gasteiger partial charge on any atom is -0.480 e. The van der Waals surface area contributed by atoms with Gasteiger partial charge >= 0.3 is 5.97 Å². The van der Waals surface area contributed by atoms with Crippen LogP contribution in [0.5, 0.6) is 0 Å². The minimum atomic E-state index is -1.10. The molecule has 0 spiro atoms. The molecule has 0 saturated heterocycles. The van der Waals surface area contributed by atoms with Crippen molar-refractivity contribution in [3.63, 3.8) is 0 Å². The molecule has 1 rings (SSSR count). The third-order valence-corrected chi connectivity index (χ3v) is 2.24. The zero-order chi connectivity index (χ0) is 12.8. The first kappa shape index (κ1) is 13.0. The predicted molar refractivity (Wildman–Crippen MR) is 60.9 cm³/mol. The highest BCUT2D eigenvalue weighted by molar-refractivity contribution is 5.96. The molecule has 0 aliphatic rings. The average molecular weight is 238 g/mol. The quantitative estimate of drug-likeness (QED) is 0.689. The number of aromatic nitrogens is 1. The topological polar surface area (TPSA) is 99.3 Å². The third-order valence-electron chi connectivity index (χ3n) is 2.24. The van der Waals surface area contributed by atoms with Crippen molar-refractivity contribution >= 4 is 11.9 Å². The maximum atomic E-state index is 11.7. The van der Waals surface area contributed by atoms with E-state index in [0.717, 1.165) is 0 Å². The van der Waals surface area contributed by atoms with Crippen LogP contribution < -0.4 is 10.9 Å². The molecule has 0 radical (unpaired) electrons. The molecule has 0 aromatic carbocycles. The molecule has 3 N–H and O–H groups in total. The van der Waals surface area contributed by atoms with Crippen LogP contribution in [-0.4, -0.2) is 28.0 Å². The molecule has 1 aromatic rings. The molecule has 0 aliphatic heterocycles. The highest BCUT2D eigenvalue weighted by Gasteiger charge is 2.20. The molecule has 0 fully saturated rings. The van der Waals surface area contributed by atoms with Crippen LogP contribution in [0.2, 0.25) is 0 Å². The molecule has 6 nitrogen and oxygen atoms in total. The van der Waals surface area contributed by atoms with Gasteiger partial charge in [0.1, 0.15) is 11.6 Å². The largest absolute Gasteiger partial charge is 0.480 e. The van der Waals surface area contributed by atoms with Crippen molar-refractivity contribution in [2.24, 2.45) is 0 Å². The molecular formula is C11H14N2O4. The van der Waals surface area contributed by atoms with Crippen molar-refractivity contribution < 1.29 is 14.7 Å². The van der Waals surface area contributed by atoms with Crippen LogP contribution in [0, 0.1) is 0 Å². The van der Waals surface area contributed by atoms with E-state index in [2.05, 4.69) is 10.3 Å². The predicted octanol–water partition coefficient (Wildman–Crippen LogP) is 0.358. The van der Waals surface area contributed by atoms with E-state index in [4.69, 9.17) is 5.11 Å². The molecule has 1 aromatic heterocycles. The van der Waals surface area contributed by atoms with Crippen LogP contribution in [-0.2, 0) is 4.79 Å². The van der Waals surface area contributed by atoms with Crippen molar-refractivity contribution in [3.05, 3.63) is 34.2 Å². The van der Waals surface area contributed by atoms with Crippen molar-refractivity contribution in [2.75, 3.05) is 0 Å². The fourth-order valence-electron chi connectivity index (χ4n) is 1.38. The number of hydrogen-bond acceptors (Lipinski definition) is 3. The second kappa shape index (κ2) is 5.83. The number of amides is 1. The molecule has 0 saturated carbocycles. The number of carbonyl (C=O) groups is 2. The van der Waals surface area contributed by atoms with Crippen LogP contribution in [0.4, 0.5) is 0 Å². The summed E-state index contributed by atoms with van der Waals surface area (Å²) in [7, 11) is 0. The maximum Gasteiger partial charge on any atom is 0.326 e.